The van der Waals surface area contributed by atoms with Gasteiger partial charge in [0, 0.05) is 31.2 Å². The molecule has 0 aromatic carbocycles. The highest BCUT2D eigenvalue weighted by atomic mass is 15.2. The van der Waals surface area contributed by atoms with Crippen molar-refractivity contribution in [1.29, 1.82) is 0 Å². The van der Waals surface area contributed by atoms with Crippen LogP contribution in [0.25, 0.3) is 0 Å². The molecule has 0 amide bonds. The molecule has 2 heteroatoms. The molecule has 0 aromatic heterocycles. The molecule has 0 bridgehead atoms. The quantitative estimate of drug-likeness (QED) is 0.752. The van der Waals surface area contributed by atoms with Gasteiger partial charge in [0.05, 0.1) is 0 Å². The van der Waals surface area contributed by atoms with Crippen LogP contribution in [0.5, 0.6) is 0 Å². The summed E-state index contributed by atoms with van der Waals surface area (Å²) < 4.78 is 0. The van der Waals surface area contributed by atoms with Crippen molar-refractivity contribution in [3.63, 3.8) is 0 Å². The van der Waals surface area contributed by atoms with Crippen molar-refractivity contribution in [2.24, 2.45) is 5.41 Å². The first-order chi connectivity index (χ1) is 6.96. The van der Waals surface area contributed by atoms with Crippen LogP contribution in [-0.4, -0.2) is 36.1 Å². The van der Waals surface area contributed by atoms with Crippen molar-refractivity contribution < 1.29 is 0 Å². The molecule has 2 aliphatic rings. The first kappa shape index (κ1) is 11.4. The van der Waals surface area contributed by atoms with E-state index in [9.17, 15) is 0 Å². The first-order valence-corrected chi connectivity index (χ1v) is 6.45. The molecule has 0 radical (unpaired) electrons. The average Bonchev–Trinajstić information content (AvgIpc) is 2.94. The normalized spacial score (nSPS) is 31.2. The van der Waals surface area contributed by atoms with Gasteiger partial charge in [0.1, 0.15) is 0 Å². The third kappa shape index (κ3) is 2.54. The molecule has 1 N–H and O–H groups in total. The van der Waals surface area contributed by atoms with E-state index >= 15 is 0 Å². The van der Waals surface area contributed by atoms with Gasteiger partial charge in [0.2, 0.25) is 0 Å². The third-order valence-corrected chi connectivity index (χ3v) is 4.25. The number of rotatable bonds is 2. The lowest BCUT2D eigenvalue weighted by Crippen LogP contribution is -2.48. The summed E-state index contributed by atoms with van der Waals surface area (Å²) in [5.41, 5.74) is 0.923. The molecule has 88 valence electrons. The van der Waals surface area contributed by atoms with Gasteiger partial charge in [-0.25, -0.2) is 0 Å². The zero-order valence-electron chi connectivity index (χ0n) is 10.8. The molecule has 1 heterocycles. The molecular weight excluding hydrogens is 184 g/mol. The lowest BCUT2D eigenvalue weighted by atomic mass is 10.0. The van der Waals surface area contributed by atoms with Crippen molar-refractivity contribution in [1.82, 2.24) is 10.2 Å². The second-order valence-corrected chi connectivity index (χ2v) is 6.40. The van der Waals surface area contributed by atoms with Crippen LogP contribution in [0.1, 0.15) is 47.0 Å². The Morgan fingerprint density at radius 1 is 1.27 bits per heavy atom. The molecule has 1 aliphatic heterocycles. The van der Waals surface area contributed by atoms with Crippen LogP contribution in [0.15, 0.2) is 0 Å². The Kier molecular flexibility index (Phi) is 2.85. The lowest BCUT2D eigenvalue weighted by molar-refractivity contribution is 0.159. The standard InChI is InChI=1S/C13H26N2/c1-5-11(2)15-9-12(3,4)14-8-13(10-15)6-7-13/h11,14H,5-10H2,1-4H3. The molecule has 2 nitrogen and oxygen atoms in total. The summed E-state index contributed by atoms with van der Waals surface area (Å²) >= 11 is 0. The monoisotopic (exact) mass is 210 g/mol. The Morgan fingerprint density at radius 2 is 1.93 bits per heavy atom. The van der Waals surface area contributed by atoms with E-state index in [-0.39, 0.29) is 5.54 Å². The summed E-state index contributed by atoms with van der Waals surface area (Å²) in [5, 5.41) is 3.74. The molecular formula is C13H26N2. The molecule has 1 atom stereocenters. The summed E-state index contributed by atoms with van der Waals surface area (Å²) in [6, 6.07) is 0.738. The van der Waals surface area contributed by atoms with Crippen LogP contribution in [0.4, 0.5) is 0 Å². The van der Waals surface area contributed by atoms with E-state index in [2.05, 4.69) is 37.9 Å². The smallest absolute Gasteiger partial charge is 0.0252 e. The topological polar surface area (TPSA) is 15.3 Å². The van der Waals surface area contributed by atoms with Gasteiger partial charge in [0.25, 0.3) is 0 Å². The first-order valence-electron chi connectivity index (χ1n) is 6.45. The van der Waals surface area contributed by atoms with Crippen LogP contribution in [0.3, 0.4) is 0 Å². The Bertz CT molecular complexity index is 223. The Balaban J connectivity index is 2.08. The fourth-order valence-electron chi connectivity index (χ4n) is 2.61. The summed E-state index contributed by atoms with van der Waals surface area (Å²) in [6.45, 7) is 13.1. The van der Waals surface area contributed by atoms with Crippen LogP contribution in [-0.2, 0) is 0 Å². The van der Waals surface area contributed by atoms with E-state index in [1.807, 2.05) is 0 Å². The third-order valence-electron chi connectivity index (χ3n) is 4.25. The van der Waals surface area contributed by atoms with Crippen LogP contribution in [0.2, 0.25) is 0 Å². The fraction of sp³-hybridized carbons (Fsp3) is 1.00. The molecule has 1 spiro atoms. The molecule has 2 fully saturated rings. The zero-order valence-corrected chi connectivity index (χ0v) is 10.8. The van der Waals surface area contributed by atoms with E-state index in [0.29, 0.717) is 5.41 Å². The maximum Gasteiger partial charge on any atom is 0.0252 e. The number of hydrogen-bond acceptors (Lipinski definition) is 2. The number of nitrogens with one attached hydrogen (secondary N) is 1. The van der Waals surface area contributed by atoms with Crippen molar-refractivity contribution >= 4 is 0 Å². The molecule has 15 heavy (non-hydrogen) atoms. The Hall–Kier alpha value is -0.0800. The minimum absolute atomic E-state index is 0.287. The lowest BCUT2D eigenvalue weighted by Gasteiger charge is -2.34. The highest BCUT2D eigenvalue weighted by Crippen LogP contribution is 2.47. The SMILES string of the molecule is CCC(C)N1CC2(CC2)CNC(C)(C)C1. The molecule has 1 unspecified atom stereocenters. The summed E-state index contributed by atoms with van der Waals surface area (Å²) in [4.78, 5) is 2.70. The molecule has 1 aliphatic carbocycles. The van der Waals surface area contributed by atoms with Crippen molar-refractivity contribution in [2.75, 3.05) is 19.6 Å². The van der Waals surface area contributed by atoms with E-state index in [4.69, 9.17) is 0 Å². The van der Waals surface area contributed by atoms with Gasteiger partial charge in [-0.1, -0.05) is 6.92 Å². The molecule has 2 rings (SSSR count). The van der Waals surface area contributed by atoms with Crippen molar-refractivity contribution in [3.8, 4) is 0 Å². The highest BCUT2D eigenvalue weighted by molar-refractivity contribution is 5.03. The zero-order chi connectivity index (χ0) is 11.1. The largest absolute Gasteiger partial charge is 0.310 e. The highest BCUT2D eigenvalue weighted by Gasteiger charge is 2.47. The molecule has 1 saturated carbocycles. The Labute approximate surface area is 94.4 Å². The summed E-state index contributed by atoms with van der Waals surface area (Å²) in [5.74, 6) is 0. The second kappa shape index (κ2) is 3.74. The van der Waals surface area contributed by atoms with Gasteiger partial charge in [0.15, 0.2) is 0 Å². The maximum absolute atomic E-state index is 3.74. The number of nitrogens with zero attached hydrogens (tertiary/aromatic N) is 1. The maximum atomic E-state index is 3.74. The van der Waals surface area contributed by atoms with Gasteiger partial charge in [-0.2, -0.15) is 0 Å². The minimum atomic E-state index is 0.287. The minimum Gasteiger partial charge on any atom is -0.310 e. The van der Waals surface area contributed by atoms with Crippen molar-refractivity contribution in [2.45, 2.75) is 58.5 Å². The summed E-state index contributed by atoms with van der Waals surface area (Å²) in [7, 11) is 0. The van der Waals surface area contributed by atoms with E-state index < -0.39 is 0 Å². The van der Waals surface area contributed by atoms with Crippen LogP contribution < -0.4 is 5.32 Å². The Morgan fingerprint density at radius 3 is 2.47 bits per heavy atom. The van der Waals surface area contributed by atoms with E-state index in [0.717, 1.165) is 6.04 Å². The van der Waals surface area contributed by atoms with Gasteiger partial charge in [-0.3, -0.25) is 4.90 Å². The van der Waals surface area contributed by atoms with Gasteiger partial charge in [-0.15, -0.1) is 0 Å². The van der Waals surface area contributed by atoms with Crippen LogP contribution in [0, 0.1) is 5.41 Å². The van der Waals surface area contributed by atoms with Gasteiger partial charge < -0.3 is 5.32 Å². The van der Waals surface area contributed by atoms with Crippen molar-refractivity contribution in [3.05, 3.63) is 0 Å². The molecule has 0 aromatic rings. The molecule has 1 saturated heterocycles. The predicted molar refractivity (Wildman–Crippen MR) is 65.1 cm³/mol. The predicted octanol–water partition coefficient (Wildman–Crippen LogP) is 2.25. The van der Waals surface area contributed by atoms with E-state index in [1.54, 1.807) is 0 Å². The average molecular weight is 210 g/mol. The van der Waals surface area contributed by atoms with Crippen LogP contribution >= 0.6 is 0 Å². The second-order valence-electron chi connectivity index (χ2n) is 6.40. The number of hydrogen-bond donors (Lipinski definition) is 1. The van der Waals surface area contributed by atoms with Gasteiger partial charge >= 0.3 is 0 Å². The fourth-order valence-corrected chi connectivity index (χ4v) is 2.61. The van der Waals surface area contributed by atoms with Gasteiger partial charge in [-0.05, 0) is 45.4 Å². The van der Waals surface area contributed by atoms with E-state index in [1.165, 1.54) is 38.9 Å². The summed E-state index contributed by atoms with van der Waals surface area (Å²) in [6.07, 6.45) is 4.14.